The second-order valence-corrected chi connectivity index (χ2v) is 7.93. The van der Waals surface area contributed by atoms with Gasteiger partial charge in [0.25, 0.3) is 0 Å². The van der Waals surface area contributed by atoms with Crippen LogP contribution in [0.3, 0.4) is 0 Å². The van der Waals surface area contributed by atoms with Crippen LogP contribution in [0.4, 0.5) is 4.79 Å². The van der Waals surface area contributed by atoms with Crippen LogP contribution in [0.5, 0.6) is 0 Å². The molecule has 0 radical (unpaired) electrons. The van der Waals surface area contributed by atoms with Crippen molar-refractivity contribution in [1.29, 1.82) is 0 Å². The van der Waals surface area contributed by atoms with Crippen molar-refractivity contribution in [2.45, 2.75) is 65.6 Å². The summed E-state index contributed by atoms with van der Waals surface area (Å²) in [6.07, 6.45) is 1.70. The fraction of sp³-hybridized carbons (Fsp3) is 0.778. The summed E-state index contributed by atoms with van der Waals surface area (Å²) in [7, 11) is 4.14. The van der Waals surface area contributed by atoms with Gasteiger partial charge in [0.1, 0.15) is 11.4 Å². The number of imidazole rings is 1. The Balaban J connectivity index is 2.26. The van der Waals surface area contributed by atoms with Gasteiger partial charge in [0.05, 0.1) is 11.7 Å². The van der Waals surface area contributed by atoms with Gasteiger partial charge in [-0.3, -0.25) is 4.90 Å². The first-order chi connectivity index (χ1) is 11.1. The molecule has 1 atom stereocenters. The van der Waals surface area contributed by atoms with Crippen molar-refractivity contribution in [3.05, 3.63) is 17.2 Å². The van der Waals surface area contributed by atoms with Gasteiger partial charge >= 0.3 is 6.09 Å². The van der Waals surface area contributed by atoms with E-state index in [1.807, 2.05) is 32.6 Å². The SMILES string of the molecule is Cc1nc([C@@H]2CCCN2C(=O)OC(C)(C)C)n(CCN(C)C)c1C. The van der Waals surface area contributed by atoms with Gasteiger partial charge in [-0.1, -0.05) is 0 Å². The molecule has 6 nitrogen and oxygen atoms in total. The number of likely N-dealkylation sites (tertiary alicyclic amines) is 1. The highest BCUT2D eigenvalue weighted by Crippen LogP contribution is 2.33. The first kappa shape index (κ1) is 18.8. The summed E-state index contributed by atoms with van der Waals surface area (Å²) in [6, 6.07) is 0.00872. The third-order valence-corrected chi connectivity index (χ3v) is 4.44. The highest BCUT2D eigenvalue weighted by Gasteiger charge is 2.36. The fourth-order valence-electron chi connectivity index (χ4n) is 3.09. The van der Waals surface area contributed by atoms with Crippen molar-refractivity contribution in [2.75, 3.05) is 27.2 Å². The first-order valence-electron chi connectivity index (χ1n) is 8.78. The van der Waals surface area contributed by atoms with E-state index in [1.165, 1.54) is 5.69 Å². The van der Waals surface area contributed by atoms with Gasteiger partial charge in [0.2, 0.25) is 0 Å². The summed E-state index contributed by atoms with van der Waals surface area (Å²) in [5.74, 6) is 0.996. The maximum atomic E-state index is 12.6. The van der Waals surface area contributed by atoms with E-state index >= 15 is 0 Å². The zero-order valence-corrected chi connectivity index (χ0v) is 16.2. The van der Waals surface area contributed by atoms with E-state index in [4.69, 9.17) is 9.72 Å². The zero-order chi connectivity index (χ0) is 18.1. The maximum Gasteiger partial charge on any atom is 0.410 e. The van der Waals surface area contributed by atoms with Crippen LogP contribution in [0.1, 0.15) is 56.9 Å². The van der Waals surface area contributed by atoms with E-state index in [2.05, 4.69) is 30.5 Å². The van der Waals surface area contributed by atoms with Crippen molar-refractivity contribution in [2.24, 2.45) is 0 Å². The molecule has 2 heterocycles. The third kappa shape index (κ3) is 4.29. The molecule has 136 valence electrons. The van der Waals surface area contributed by atoms with Gasteiger partial charge in [0.15, 0.2) is 0 Å². The highest BCUT2D eigenvalue weighted by molar-refractivity contribution is 5.69. The minimum absolute atomic E-state index is 0.00872. The average molecular weight is 336 g/mol. The number of aryl methyl sites for hydroxylation is 1. The summed E-state index contributed by atoms with van der Waals surface area (Å²) < 4.78 is 7.86. The molecular formula is C18H32N4O2. The normalized spacial score (nSPS) is 18.5. The number of nitrogens with zero attached hydrogens (tertiary/aromatic N) is 4. The quantitative estimate of drug-likeness (QED) is 0.847. The largest absolute Gasteiger partial charge is 0.444 e. The number of aromatic nitrogens is 2. The van der Waals surface area contributed by atoms with Gasteiger partial charge in [-0.15, -0.1) is 0 Å². The van der Waals surface area contributed by atoms with Crippen LogP contribution in [0.2, 0.25) is 0 Å². The lowest BCUT2D eigenvalue weighted by Crippen LogP contribution is -2.37. The van der Waals surface area contributed by atoms with Crippen LogP contribution in [-0.4, -0.2) is 58.2 Å². The van der Waals surface area contributed by atoms with Crippen molar-refractivity contribution in [1.82, 2.24) is 19.4 Å². The monoisotopic (exact) mass is 336 g/mol. The topological polar surface area (TPSA) is 50.6 Å². The highest BCUT2D eigenvalue weighted by atomic mass is 16.6. The lowest BCUT2D eigenvalue weighted by atomic mass is 10.2. The second kappa shape index (κ2) is 7.13. The Bertz CT molecular complexity index is 587. The molecule has 1 aliphatic heterocycles. The zero-order valence-electron chi connectivity index (χ0n) is 16.2. The van der Waals surface area contributed by atoms with Gasteiger partial charge in [-0.25, -0.2) is 9.78 Å². The summed E-state index contributed by atoms with van der Waals surface area (Å²) in [4.78, 5) is 21.4. The van der Waals surface area contributed by atoms with Gasteiger partial charge in [-0.05, 0) is 61.6 Å². The Kier molecular flexibility index (Phi) is 5.58. The fourth-order valence-corrected chi connectivity index (χ4v) is 3.09. The van der Waals surface area contributed by atoms with Gasteiger partial charge in [0, 0.05) is 25.3 Å². The lowest BCUT2D eigenvalue weighted by molar-refractivity contribution is 0.0215. The van der Waals surface area contributed by atoms with Crippen molar-refractivity contribution < 1.29 is 9.53 Å². The molecule has 0 aliphatic carbocycles. The number of likely N-dealkylation sites (N-methyl/N-ethyl adjacent to an activating group) is 1. The number of amides is 1. The Morgan fingerprint density at radius 1 is 1.33 bits per heavy atom. The van der Waals surface area contributed by atoms with Crippen LogP contribution in [0, 0.1) is 13.8 Å². The summed E-state index contributed by atoms with van der Waals surface area (Å²) >= 11 is 0. The lowest BCUT2D eigenvalue weighted by Gasteiger charge is -2.29. The van der Waals surface area contributed by atoms with E-state index in [0.29, 0.717) is 0 Å². The predicted molar refractivity (Wildman–Crippen MR) is 95.2 cm³/mol. The molecule has 1 fully saturated rings. The van der Waals surface area contributed by atoms with E-state index < -0.39 is 5.60 Å². The first-order valence-corrected chi connectivity index (χ1v) is 8.78. The molecule has 1 amide bonds. The van der Waals surface area contributed by atoms with Gasteiger partial charge in [-0.2, -0.15) is 0 Å². The molecule has 1 saturated heterocycles. The van der Waals surface area contributed by atoms with Crippen LogP contribution in [0.15, 0.2) is 0 Å². The Morgan fingerprint density at radius 2 is 2.00 bits per heavy atom. The van der Waals surface area contributed by atoms with E-state index in [9.17, 15) is 4.79 Å². The number of ether oxygens (including phenoxy) is 1. The van der Waals surface area contributed by atoms with E-state index in [0.717, 1.165) is 44.0 Å². The van der Waals surface area contributed by atoms with Crippen LogP contribution >= 0.6 is 0 Å². The molecule has 0 aromatic carbocycles. The predicted octanol–water partition coefficient (Wildman–Crippen LogP) is 3.13. The molecule has 6 heteroatoms. The van der Waals surface area contributed by atoms with Crippen molar-refractivity contribution in [3.8, 4) is 0 Å². The van der Waals surface area contributed by atoms with Crippen LogP contribution in [-0.2, 0) is 11.3 Å². The minimum atomic E-state index is -0.476. The number of carbonyl (C=O) groups excluding carboxylic acids is 1. The van der Waals surface area contributed by atoms with E-state index in [1.54, 1.807) is 0 Å². The molecule has 0 unspecified atom stereocenters. The van der Waals surface area contributed by atoms with E-state index in [-0.39, 0.29) is 12.1 Å². The standard InChI is InChI=1S/C18H32N4O2/c1-13-14(2)21(12-11-20(6)7)16(19-13)15-9-8-10-22(15)17(23)24-18(3,4)5/h15H,8-12H2,1-7H3/t15-/m0/s1. The molecule has 1 aromatic heterocycles. The molecule has 0 saturated carbocycles. The number of hydrogen-bond donors (Lipinski definition) is 0. The maximum absolute atomic E-state index is 12.6. The molecule has 0 bridgehead atoms. The van der Waals surface area contributed by atoms with Gasteiger partial charge < -0.3 is 14.2 Å². The summed E-state index contributed by atoms with van der Waals surface area (Å²) in [5.41, 5.74) is 1.75. The summed E-state index contributed by atoms with van der Waals surface area (Å²) in [6.45, 7) is 12.4. The molecular weight excluding hydrogens is 304 g/mol. The number of rotatable bonds is 4. The van der Waals surface area contributed by atoms with Crippen LogP contribution in [0.25, 0.3) is 0 Å². The second-order valence-electron chi connectivity index (χ2n) is 7.93. The molecule has 24 heavy (non-hydrogen) atoms. The Hall–Kier alpha value is -1.56. The smallest absolute Gasteiger partial charge is 0.410 e. The summed E-state index contributed by atoms with van der Waals surface area (Å²) in [5, 5.41) is 0. The Labute approximate surface area is 145 Å². The van der Waals surface area contributed by atoms with Crippen molar-refractivity contribution in [3.63, 3.8) is 0 Å². The molecule has 2 rings (SSSR count). The average Bonchev–Trinajstić information content (AvgIpc) is 3.01. The van der Waals surface area contributed by atoms with Crippen LogP contribution < -0.4 is 0 Å². The van der Waals surface area contributed by atoms with Crippen molar-refractivity contribution >= 4 is 6.09 Å². The Morgan fingerprint density at radius 3 is 2.58 bits per heavy atom. The molecule has 0 spiro atoms. The molecule has 0 N–H and O–H groups in total. The molecule has 1 aliphatic rings. The third-order valence-electron chi connectivity index (χ3n) is 4.44. The number of carbonyl (C=O) groups is 1. The minimum Gasteiger partial charge on any atom is -0.444 e. The number of hydrogen-bond acceptors (Lipinski definition) is 4. The molecule has 1 aromatic rings.